The third kappa shape index (κ3) is 4.50. The fraction of sp³-hybridized carbons (Fsp3) is 0.750. The summed E-state index contributed by atoms with van der Waals surface area (Å²) in [4.78, 5) is 12.5. The van der Waals surface area contributed by atoms with Gasteiger partial charge in [-0.1, -0.05) is 0 Å². The van der Waals surface area contributed by atoms with Crippen LogP contribution in [-0.2, 0) is 18.4 Å². The van der Waals surface area contributed by atoms with E-state index in [9.17, 15) is 4.79 Å². The van der Waals surface area contributed by atoms with Crippen molar-refractivity contribution in [1.29, 1.82) is 0 Å². The summed E-state index contributed by atoms with van der Waals surface area (Å²) in [5.74, 6) is 0.686. The van der Waals surface area contributed by atoms with Gasteiger partial charge in [0, 0.05) is 19.5 Å². The second-order valence-electron chi connectivity index (χ2n) is 3.08. The van der Waals surface area contributed by atoms with Gasteiger partial charge in [-0.15, -0.1) is 10.2 Å². The number of aryl methyl sites for hydroxylation is 1. The van der Waals surface area contributed by atoms with Crippen LogP contribution in [0.4, 0.5) is 0 Å². The lowest BCUT2D eigenvalue weighted by Crippen LogP contribution is -2.27. The van der Waals surface area contributed by atoms with Crippen LogP contribution in [0.25, 0.3) is 0 Å². The number of hydrogen-bond donors (Lipinski definition) is 2. The Morgan fingerprint density at radius 2 is 2.33 bits per heavy atom. The van der Waals surface area contributed by atoms with Crippen molar-refractivity contribution in [2.24, 2.45) is 7.05 Å². The van der Waals surface area contributed by atoms with Gasteiger partial charge in [-0.05, 0) is 12.1 Å². The second kappa shape index (κ2) is 6.07. The third-order valence-corrected chi connectivity index (χ3v) is 1.74. The first-order valence-corrected chi connectivity index (χ1v) is 4.92. The molecule has 0 saturated carbocycles. The van der Waals surface area contributed by atoms with Crippen molar-refractivity contribution < 1.29 is 4.79 Å². The first kappa shape index (κ1) is 11.6. The van der Waals surface area contributed by atoms with Crippen LogP contribution in [0.3, 0.4) is 0 Å². The summed E-state index contributed by atoms with van der Waals surface area (Å²) < 4.78 is 0. The highest BCUT2D eigenvalue weighted by Gasteiger charge is 2.01. The molecule has 7 nitrogen and oxygen atoms in total. The highest BCUT2D eigenvalue weighted by atomic mass is 16.1. The first-order valence-electron chi connectivity index (χ1n) is 4.92. The molecule has 0 aliphatic heterocycles. The van der Waals surface area contributed by atoms with Crippen molar-refractivity contribution >= 4 is 5.91 Å². The normalized spacial score (nSPS) is 10.3. The number of nitrogens with zero attached hydrogens (tertiary/aromatic N) is 4. The number of carbonyl (C=O) groups excluding carboxylic acids is 1. The molecule has 0 bridgehead atoms. The second-order valence-corrected chi connectivity index (χ2v) is 3.08. The molecule has 0 saturated heterocycles. The molecule has 2 N–H and O–H groups in total. The van der Waals surface area contributed by atoms with Crippen molar-refractivity contribution in [2.75, 3.05) is 13.1 Å². The van der Waals surface area contributed by atoms with E-state index in [1.807, 2.05) is 6.92 Å². The minimum atomic E-state index is 0.0529. The molecule has 1 aromatic heterocycles. The Bertz CT molecular complexity index is 310. The quantitative estimate of drug-likeness (QED) is 0.580. The van der Waals surface area contributed by atoms with Gasteiger partial charge in [-0.2, -0.15) is 4.80 Å². The molecule has 84 valence electrons. The Labute approximate surface area is 88.2 Å². The standard InChI is InChI=1S/C8H16N6O/c1-3-10-8(15)4-5-9-6-7-11-13-14(2)12-7/h9H,3-6H2,1-2H3,(H,10,15). The minimum absolute atomic E-state index is 0.0529. The molecule has 0 aromatic carbocycles. The molecule has 7 heteroatoms. The smallest absolute Gasteiger partial charge is 0.221 e. The molecule has 0 aliphatic rings. The van der Waals surface area contributed by atoms with E-state index in [-0.39, 0.29) is 5.91 Å². The van der Waals surface area contributed by atoms with Crippen LogP contribution in [-0.4, -0.2) is 39.2 Å². The Balaban J connectivity index is 2.09. The van der Waals surface area contributed by atoms with E-state index in [2.05, 4.69) is 26.0 Å². The summed E-state index contributed by atoms with van der Waals surface area (Å²) in [6.45, 7) is 3.72. The first-order chi connectivity index (χ1) is 7.22. The molecule has 0 fully saturated rings. The zero-order chi connectivity index (χ0) is 11.1. The van der Waals surface area contributed by atoms with Crippen LogP contribution >= 0.6 is 0 Å². The maximum absolute atomic E-state index is 11.1. The van der Waals surface area contributed by atoms with Gasteiger partial charge < -0.3 is 10.6 Å². The van der Waals surface area contributed by atoms with E-state index in [0.717, 1.165) is 0 Å². The van der Waals surface area contributed by atoms with Gasteiger partial charge in [-0.3, -0.25) is 4.79 Å². The number of tetrazole rings is 1. The van der Waals surface area contributed by atoms with Crippen LogP contribution in [0.1, 0.15) is 19.2 Å². The van der Waals surface area contributed by atoms with E-state index in [1.165, 1.54) is 4.80 Å². The van der Waals surface area contributed by atoms with Gasteiger partial charge in [0.1, 0.15) is 0 Å². The summed E-state index contributed by atoms with van der Waals surface area (Å²) in [6, 6.07) is 0. The number of carbonyl (C=O) groups is 1. The van der Waals surface area contributed by atoms with Gasteiger partial charge in [0.15, 0.2) is 5.82 Å². The fourth-order valence-corrected chi connectivity index (χ4v) is 1.08. The minimum Gasteiger partial charge on any atom is -0.356 e. The largest absolute Gasteiger partial charge is 0.356 e. The molecule has 0 aliphatic carbocycles. The van der Waals surface area contributed by atoms with Gasteiger partial charge in [0.25, 0.3) is 0 Å². The van der Waals surface area contributed by atoms with Crippen molar-refractivity contribution in [1.82, 2.24) is 30.8 Å². The van der Waals surface area contributed by atoms with Gasteiger partial charge in [0.2, 0.25) is 5.91 Å². The summed E-state index contributed by atoms with van der Waals surface area (Å²) in [5, 5.41) is 17.3. The lowest BCUT2D eigenvalue weighted by atomic mass is 10.4. The van der Waals surface area contributed by atoms with E-state index < -0.39 is 0 Å². The Morgan fingerprint density at radius 1 is 1.53 bits per heavy atom. The number of nitrogens with one attached hydrogen (secondary N) is 2. The van der Waals surface area contributed by atoms with Crippen molar-refractivity contribution in [2.45, 2.75) is 19.9 Å². The van der Waals surface area contributed by atoms with Crippen LogP contribution in [0.2, 0.25) is 0 Å². The van der Waals surface area contributed by atoms with Gasteiger partial charge in [-0.25, -0.2) is 0 Å². The molecule has 0 spiro atoms. The van der Waals surface area contributed by atoms with Crippen LogP contribution in [0, 0.1) is 0 Å². The molecular weight excluding hydrogens is 196 g/mol. The maximum Gasteiger partial charge on any atom is 0.221 e. The van der Waals surface area contributed by atoms with Crippen molar-refractivity contribution in [3.05, 3.63) is 5.82 Å². The topological polar surface area (TPSA) is 84.7 Å². The van der Waals surface area contributed by atoms with E-state index >= 15 is 0 Å². The maximum atomic E-state index is 11.1. The number of hydrogen-bond acceptors (Lipinski definition) is 5. The molecule has 0 unspecified atom stereocenters. The number of aromatic nitrogens is 4. The number of amides is 1. The average molecular weight is 212 g/mol. The highest BCUT2D eigenvalue weighted by molar-refractivity contribution is 5.75. The Hall–Kier alpha value is -1.50. The SMILES string of the molecule is CCNC(=O)CCNCc1nnn(C)n1. The zero-order valence-electron chi connectivity index (χ0n) is 9.03. The van der Waals surface area contributed by atoms with Crippen molar-refractivity contribution in [3.8, 4) is 0 Å². The summed E-state index contributed by atoms with van der Waals surface area (Å²) in [7, 11) is 1.71. The lowest BCUT2D eigenvalue weighted by Gasteiger charge is -2.02. The predicted molar refractivity (Wildman–Crippen MR) is 53.8 cm³/mol. The lowest BCUT2D eigenvalue weighted by molar-refractivity contribution is -0.120. The van der Waals surface area contributed by atoms with Crippen molar-refractivity contribution in [3.63, 3.8) is 0 Å². The third-order valence-electron chi connectivity index (χ3n) is 1.74. The van der Waals surface area contributed by atoms with E-state index in [4.69, 9.17) is 0 Å². The molecule has 1 amide bonds. The Morgan fingerprint density at radius 3 is 2.93 bits per heavy atom. The predicted octanol–water partition coefficient (Wildman–Crippen LogP) is -1.17. The molecule has 0 radical (unpaired) electrons. The van der Waals surface area contributed by atoms with Gasteiger partial charge >= 0.3 is 0 Å². The fourth-order valence-electron chi connectivity index (χ4n) is 1.08. The Kier molecular flexibility index (Phi) is 4.69. The summed E-state index contributed by atoms with van der Waals surface area (Å²) >= 11 is 0. The highest BCUT2D eigenvalue weighted by Crippen LogP contribution is 1.84. The molecule has 1 aromatic rings. The summed E-state index contributed by atoms with van der Waals surface area (Å²) in [6.07, 6.45) is 0.466. The molecule has 1 rings (SSSR count). The zero-order valence-corrected chi connectivity index (χ0v) is 9.03. The molecule has 1 heterocycles. The van der Waals surface area contributed by atoms with Gasteiger partial charge in [0.05, 0.1) is 13.6 Å². The average Bonchev–Trinajstić information content (AvgIpc) is 2.60. The van der Waals surface area contributed by atoms with Crippen LogP contribution in [0.15, 0.2) is 0 Å². The molecular formula is C8H16N6O. The molecule has 0 atom stereocenters. The van der Waals surface area contributed by atoms with Crippen LogP contribution < -0.4 is 10.6 Å². The van der Waals surface area contributed by atoms with E-state index in [1.54, 1.807) is 7.05 Å². The summed E-state index contributed by atoms with van der Waals surface area (Å²) in [5.41, 5.74) is 0. The molecule has 15 heavy (non-hydrogen) atoms. The number of rotatable bonds is 6. The van der Waals surface area contributed by atoms with E-state index in [0.29, 0.717) is 31.9 Å². The monoisotopic (exact) mass is 212 g/mol. The van der Waals surface area contributed by atoms with Crippen LogP contribution in [0.5, 0.6) is 0 Å².